The van der Waals surface area contributed by atoms with E-state index in [0.29, 0.717) is 26.4 Å². The minimum absolute atomic E-state index is 0.0656. The lowest BCUT2D eigenvalue weighted by Crippen LogP contribution is -2.11. The van der Waals surface area contributed by atoms with Gasteiger partial charge in [-0.05, 0) is 18.2 Å². The van der Waals surface area contributed by atoms with Crippen molar-refractivity contribution in [1.82, 2.24) is 4.98 Å². The van der Waals surface area contributed by atoms with Gasteiger partial charge in [0.25, 0.3) is 0 Å². The van der Waals surface area contributed by atoms with Crippen LogP contribution in [0.3, 0.4) is 0 Å². The molecule has 0 radical (unpaired) electrons. The van der Waals surface area contributed by atoms with Gasteiger partial charge in [0.2, 0.25) is 0 Å². The molecule has 0 bridgehead atoms. The number of rotatable bonds is 2. The molecule has 0 aliphatic rings. The van der Waals surface area contributed by atoms with E-state index in [-0.39, 0.29) is 5.01 Å². The van der Waals surface area contributed by atoms with Crippen molar-refractivity contribution >= 4 is 44.8 Å². The minimum atomic E-state index is -4.83. The molecule has 20 heavy (non-hydrogen) atoms. The molecule has 0 aliphatic carbocycles. The summed E-state index contributed by atoms with van der Waals surface area (Å²) < 4.78 is 38.8. The molecule has 1 aromatic heterocycles. The van der Waals surface area contributed by atoms with Crippen LogP contribution in [-0.4, -0.2) is 16.1 Å². The van der Waals surface area contributed by atoms with Gasteiger partial charge in [-0.3, -0.25) is 0 Å². The molecule has 1 heterocycles. The van der Waals surface area contributed by atoms with E-state index < -0.39 is 22.7 Å². The van der Waals surface area contributed by atoms with Gasteiger partial charge in [-0.1, -0.05) is 27.5 Å². The fourth-order valence-corrected chi connectivity index (χ4v) is 3.13. The van der Waals surface area contributed by atoms with Gasteiger partial charge in [0.05, 0.1) is 0 Å². The quantitative estimate of drug-likeness (QED) is 0.795. The Labute approximate surface area is 128 Å². The Balaban J connectivity index is 2.65. The van der Waals surface area contributed by atoms with Gasteiger partial charge in [0, 0.05) is 15.1 Å². The first kappa shape index (κ1) is 15.3. The highest BCUT2D eigenvalue weighted by Crippen LogP contribution is 2.40. The number of alkyl halides is 3. The second-order valence-corrected chi connectivity index (χ2v) is 5.91. The normalized spacial score (nSPS) is 11.7. The molecule has 106 valence electrons. The lowest BCUT2D eigenvalue weighted by molar-refractivity contribution is -0.141. The molecule has 0 saturated heterocycles. The fourth-order valence-electron chi connectivity index (χ4n) is 1.43. The molecule has 0 unspecified atom stereocenters. The SMILES string of the molecule is O=C(O)c1sc(-c2cc(Cl)ccc2Br)nc1C(F)(F)F. The summed E-state index contributed by atoms with van der Waals surface area (Å²) in [6.07, 6.45) is -4.83. The molecule has 2 rings (SSSR count). The zero-order valence-electron chi connectivity index (χ0n) is 9.33. The van der Waals surface area contributed by atoms with Crippen LogP contribution in [0.5, 0.6) is 0 Å². The van der Waals surface area contributed by atoms with Crippen LogP contribution in [-0.2, 0) is 6.18 Å². The summed E-state index contributed by atoms with van der Waals surface area (Å²) in [5.41, 5.74) is -1.10. The van der Waals surface area contributed by atoms with E-state index in [4.69, 9.17) is 16.7 Å². The Morgan fingerprint density at radius 1 is 1.40 bits per heavy atom. The number of nitrogens with zero attached hydrogens (tertiary/aromatic N) is 1. The maximum absolute atomic E-state index is 12.8. The molecule has 1 N–H and O–H groups in total. The molecule has 0 amide bonds. The summed E-state index contributed by atoms with van der Waals surface area (Å²) >= 11 is 9.40. The Morgan fingerprint density at radius 3 is 2.55 bits per heavy atom. The van der Waals surface area contributed by atoms with Gasteiger partial charge < -0.3 is 5.11 Å². The molecule has 0 aliphatic heterocycles. The molecular formula is C11H4BrClF3NO2S. The number of benzene rings is 1. The first-order valence-electron chi connectivity index (χ1n) is 4.97. The van der Waals surface area contributed by atoms with Crippen molar-refractivity contribution in [3.63, 3.8) is 0 Å². The highest BCUT2D eigenvalue weighted by atomic mass is 79.9. The Kier molecular flexibility index (Phi) is 4.08. The molecule has 9 heteroatoms. The molecule has 2 aromatic rings. The average Bonchev–Trinajstić information content (AvgIpc) is 2.77. The minimum Gasteiger partial charge on any atom is -0.477 e. The van der Waals surface area contributed by atoms with E-state index in [1.165, 1.54) is 6.07 Å². The molecule has 0 spiro atoms. The van der Waals surface area contributed by atoms with Gasteiger partial charge in [0.1, 0.15) is 9.88 Å². The first-order chi connectivity index (χ1) is 9.20. The van der Waals surface area contributed by atoms with Crippen molar-refractivity contribution in [2.24, 2.45) is 0 Å². The maximum atomic E-state index is 12.8. The van der Waals surface area contributed by atoms with Gasteiger partial charge in [-0.15, -0.1) is 11.3 Å². The maximum Gasteiger partial charge on any atom is 0.435 e. The van der Waals surface area contributed by atoms with Gasteiger partial charge >= 0.3 is 12.1 Å². The third-order valence-electron chi connectivity index (χ3n) is 2.25. The molecule has 3 nitrogen and oxygen atoms in total. The first-order valence-corrected chi connectivity index (χ1v) is 6.95. The van der Waals surface area contributed by atoms with Crippen molar-refractivity contribution in [3.05, 3.63) is 38.3 Å². The third kappa shape index (κ3) is 2.97. The average molecular weight is 387 g/mol. The van der Waals surface area contributed by atoms with E-state index in [2.05, 4.69) is 20.9 Å². The Bertz CT molecular complexity index is 687. The van der Waals surface area contributed by atoms with Crippen molar-refractivity contribution in [2.45, 2.75) is 6.18 Å². The van der Waals surface area contributed by atoms with Crippen LogP contribution >= 0.6 is 38.9 Å². The van der Waals surface area contributed by atoms with Gasteiger partial charge in [0.15, 0.2) is 5.69 Å². The van der Waals surface area contributed by atoms with E-state index in [1.807, 2.05) is 0 Å². The second-order valence-electron chi connectivity index (χ2n) is 3.62. The summed E-state index contributed by atoms with van der Waals surface area (Å²) in [4.78, 5) is 13.4. The van der Waals surface area contributed by atoms with Crippen molar-refractivity contribution < 1.29 is 23.1 Å². The van der Waals surface area contributed by atoms with E-state index >= 15 is 0 Å². The van der Waals surface area contributed by atoms with Gasteiger partial charge in [-0.25, -0.2) is 9.78 Å². The summed E-state index contributed by atoms with van der Waals surface area (Å²) in [5.74, 6) is -1.67. The van der Waals surface area contributed by atoms with E-state index in [1.54, 1.807) is 12.1 Å². The van der Waals surface area contributed by atoms with Crippen LogP contribution < -0.4 is 0 Å². The van der Waals surface area contributed by atoms with Crippen molar-refractivity contribution in [1.29, 1.82) is 0 Å². The monoisotopic (exact) mass is 385 g/mol. The molecule has 0 atom stereocenters. The number of carbonyl (C=O) groups is 1. The zero-order chi connectivity index (χ0) is 15.1. The highest BCUT2D eigenvalue weighted by molar-refractivity contribution is 9.10. The molecule has 0 fully saturated rings. The number of halogens is 5. The van der Waals surface area contributed by atoms with Crippen molar-refractivity contribution in [2.75, 3.05) is 0 Å². The second kappa shape index (κ2) is 5.34. The number of carboxylic acids is 1. The number of thiazole rings is 1. The van der Waals surface area contributed by atoms with Crippen LogP contribution in [0, 0.1) is 0 Å². The topological polar surface area (TPSA) is 50.2 Å². The number of aromatic carboxylic acids is 1. The zero-order valence-corrected chi connectivity index (χ0v) is 12.5. The number of hydrogen-bond donors (Lipinski definition) is 1. The third-order valence-corrected chi connectivity index (χ3v) is 4.25. The lowest BCUT2D eigenvalue weighted by atomic mass is 10.2. The van der Waals surface area contributed by atoms with Crippen LogP contribution in [0.1, 0.15) is 15.4 Å². The summed E-state index contributed by atoms with van der Waals surface area (Å²) in [5, 5.41) is 9.09. The van der Waals surface area contributed by atoms with E-state index in [9.17, 15) is 18.0 Å². The van der Waals surface area contributed by atoms with Crippen LogP contribution in [0.15, 0.2) is 22.7 Å². The predicted molar refractivity (Wildman–Crippen MR) is 72.2 cm³/mol. The lowest BCUT2D eigenvalue weighted by Gasteiger charge is -2.03. The van der Waals surface area contributed by atoms with Crippen LogP contribution in [0.25, 0.3) is 10.6 Å². The van der Waals surface area contributed by atoms with Crippen LogP contribution in [0.2, 0.25) is 5.02 Å². The summed E-state index contributed by atoms with van der Waals surface area (Å²) in [6, 6.07) is 4.51. The standard InChI is InChI=1S/C11H4BrClF3NO2S/c12-6-2-1-4(13)3-5(6)9-17-8(11(14,15)16)7(20-9)10(18)19/h1-3H,(H,18,19). The van der Waals surface area contributed by atoms with Crippen LogP contribution in [0.4, 0.5) is 13.2 Å². The summed E-state index contributed by atoms with van der Waals surface area (Å²) in [7, 11) is 0. The molecule has 0 saturated carbocycles. The van der Waals surface area contributed by atoms with Gasteiger partial charge in [-0.2, -0.15) is 13.2 Å². The Morgan fingerprint density at radius 2 is 2.05 bits per heavy atom. The smallest absolute Gasteiger partial charge is 0.435 e. The number of carboxylic acid groups (broad SMARTS) is 1. The van der Waals surface area contributed by atoms with Crippen molar-refractivity contribution in [3.8, 4) is 10.6 Å². The van der Waals surface area contributed by atoms with E-state index in [0.717, 1.165) is 0 Å². The Hall–Kier alpha value is -1.12. The largest absolute Gasteiger partial charge is 0.477 e. The molecule has 1 aromatic carbocycles. The number of hydrogen-bond acceptors (Lipinski definition) is 3. The molecular weight excluding hydrogens is 383 g/mol. The highest BCUT2D eigenvalue weighted by Gasteiger charge is 2.40. The number of aromatic nitrogens is 1. The predicted octanol–water partition coefficient (Wildman–Crippen LogP) is 4.94. The summed E-state index contributed by atoms with van der Waals surface area (Å²) in [6.45, 7) is 0. The fraction of sp³-hybridized carbons (Fsp3) is 0.0909.